The molecule has 1 aromatic carbocycles. The molecule has 1 aliphatic rings. The monoisotopic (exact) mass is 229 g/mol. The molecule has 0 aromatic heterocycles. The molecule has 1 nitrogen and oxygen atoms in total. The van der Waals surface area contributed by atoms with Gasteiger partial charge in [0.25, 0.3) is 0 Å². The zero-order valence-electron chi connectivity index (χ0n) is 9.09. The highest BCUT2D eigenvalue weighted by Crippen LogP contribution is 2.31. The van der Waals surface area contributed by atoms with Crippen LogP contribution in [0.1, 0.15) is 24.5 Å². The topological polar surface area (TPSA) is 12.0 Å². The van der Waals surface area contributed by atoms with Crippen molar-refractivity contribution in [3.05, 3.63) is 35.4 Å². The maximum atomic E-state index is 13.1. The molecule has 84 valence electrons. The van der Waals surface area contributed by atoms with E-state index < -0.39 is 6.17 Å². The van der Waals surface area contributed by atoms with Crippen molar-refractivity contribution in [3.63, 3.8) is 0 Å². The van der Waals surface area contributed by atoms with E-state index >= 15 is 0 Å². The molecule has 2 atom stereocenters. The fourth-order valence-corrected chi connectivity index (χ4v) is 2.13. The quantitative estimate of drug-likeness (QED) is 0.781. The molecule has 1 fully saturated rings. The minimum absolute atomic E-state index is 0. The summed E-state index contributed by atoms with van der Waals surface area (Å²) in [7, 11) is 0. The van der Waals surface area contributed by atoms with Crippen LogP contribution in [-0.4, -0.2) is 12.7 Å². The van der Waals surface area contributed by atoms with Gasteiger partial charge < -0.3 is 5.32 Å². The number of hydrogen-bond acceptors (Lipinski definition) is 1. The van der Waals surface area contributed by atoms with E-state index in [0.717, 1.165) is 0 Å². The van der Waals surface area contributed by atoms with E-state index in [-0.39, 0.29) is 17.9 Å². The lowest BCUT2D eigenvalue weighted by atomic mass is 9.89. The zero-order valence-corrected chi connectivity index (χ0v) is 9.90. The first kappa shape index (κ1) is 12.5. The van der Waals surface area contributed by atoms with E-state index in [1.807, 2.05) is 6.07 Å². The van der Waals surface area contributed by atoms with E-state index in [2.05, 4.69) is 37.4 Å². The third-order valence-electron chi connectivity index (χ3n) is 3.00. The van der Waals surface area contributed by atoms with Gasteiger partial charge in [-0.2, -0.15) is 0 Å². The zero-order chi connectivity index (χ0) is 10.2. The van der Waals surface area contributed by atoms with Crippen molar-refractivity contribution < 1.29 is 4.39 Å². The average molecular weight is 230 g/mol. The molecule has 0 bridgehead atoms. The molecule has 2 rings (SSSR count). The van der Waals surface area contributed by atoms with E-state index in [0.29, 0.717) is 13.0 Å². The molecule has 0 saturated carbocycles. The maximum Gasteiger partial charge on any atom is 0.115 e. The Morgan fingerprint density at radius 1 is 1.47 bits per heavy atom. The second-order valence-electron chi connectivity index (χ2n) is 4.38. The van der Waals surface area contributed by atoms with Gasteiger partial charge in [-0.1, -0.05) is 29.8 Å². The van der Waals surface area contributed by atoms with Crippen LogP contribution in [0.2, 0.25) is 0 Å². The van der Waals surface area contributed by atoms with E-state index in [9.17, 15) is 4.39 Å². The fraction of sp³-hybridized carbons (Fsp3) is 0.500. The van der Waals surface area contributed by atoms with Gasteiger partial charge in [-0.05, 0) is 19.4 Å². The summed E-state index contributed by atoms with van der Waals surface area (Å²) in [5, 5.41) is 3.25. The van der Waals surface area contributed by atoms with Crippen LogP contribution in [0.5, 0.6) is 0 Å². The second-order valence-corrected chi connectivity index (χ2v) is 4.38. The second kappa shape index (κ2) is 4.50. The van der Waals surface area contributed by atoms with Crippen LogP contribution >= 0.6 is 12.4 Å². The maximum absolute atomic E-state index is 13.1. The molecule has 1 saturated heterocycles. The average Bonchev–Trinajstić information content (AvgIpc) is 2.48. The van der Waals surface area contributed by atoms with Gasteiger partial charge in [0.2, 0.25) is 0 Å². The van der Waals surface area contributed by atoms with Crippen molar-refractivity contribution >= 4 is 12.4 Å². The molecule has 0 aliphatic carbocycles. The third-order valence-corrected chi connectivity index (χ3v) is 3.00. The lowest BCUT2D eigenvalue weighted by Crippen LogP contribution is -2.33. The molecule has 0 amide bonds. The van der Waals surface area contributed by atoms with Crippen LogP contribution < -0.4 is 5.32 Å². The summed E-state index contributed by atoms with van der Waals surface area (Å²) in [6.07, 6.45) is -0.128. The summed E-state index contributed by atoms with van der Waals surface area (Å²) in [5.74, 6) is 0. The third kappa shape index (κ3) is 2.50. The molecule has 0 radical (unpaired) electrons. The van der Waals surface area contributed by atoms with Crippen molar-refractivity contribution in [1.82, 2.24) is 5.32 Å². The van der Waals surface area contributed by atoms with E-state index in [4.69, 9.17) is 0 Å². The predicted molar refractivity (Wildman–Crippen MR) is 63.3 cm³/mol. The Morgan fingerprint density at radius 3 is 2.73 bits per heavy atom. The Balaban J connectivity index is 0.00000112. The SMILES string of the molecule is Cc1cccc(C2(C)CC(F)CN2)c1.Cl. The lowest BCUT2D eigenvalue weighted by Gasteiger charge is -2.25. The van der Waals surface area contributed by atoms with Gasteiger partial charge in [-0.15, -0.1) is 12.4 Å². The Morgan fingerprint density at radius 2 is 2.20 bits per heavy atom. The summed E-state index contributed by atoms with van der Waals surface area (Å²) in [5.41, 5.74) is 2.25. The van der Waals surface area contributed by atoms with Gasteiger partial charge in [0.05, 0.1) is 0 Å². The van der Waals surface area contributed by atoms with Crippen LogP contribution in [0.25, 0.3) is 0 Å². The largest absolute Gasteiger partial charge is 0.305 e. The van der Waals surface area contributed by atoms with E-state index in [1.165, 1.54) is 11.1 Å². The Hall–Kier alpha value is -0.600. The highest BCUT2D eigenvalue weighted by molar-refractivity contribution is 5.85. The Labute approximate surface area is 96.5 Å². The highest BCUT2D eigenvalue weighted by atomic mass is 35.5. The number of aryl methyl sites for hydroxylation is 1. The number of alkyl halides is 1. The number of halogens is 2. The van der Waals surface area contributed by atoms with Crippen LogP contribution in [-0.2, 0) is 5.54 Å². The van der Waals surface area contributed by atoms with Gasteiger partial charge in [0, 0.05) is 18.5 Å². The molecular formula is C12H17ClFN. The minimum atomic E-state index is -0.708. The van der Waals surface area contributed by atoms with Crippen LogP contribution in [0.3, 0.4) is 0 Å². The normalized spacial score (nSPS) is 29.9. The first-order valence-electron chi connectivity index (χ1n) is 5.06. The molecule has 1 N–H and O–H groups in total. The number of benzene rings is 1. The number of nitrogens with one attached hydrogen (secondary N) is 1. The van der Waals surface area contributed by atoms with Gasteiger partial charge in [0.1, 0.15) is 6.17 Å². The minimum Gasteiger partial charge on any atom is -0.305 e. The lowest BCUT2D eigenvalue weighted by molar-refractivity contribution is 0.333. The molecule has 2 unspecified atom stereocenters. The van der Waals surface area contributed by atoms with Crippen molar-refractivity contribution in [2.24, 2.45) is 0 Å². The van der Waals surface area contributed by atoms with Crippen LogP contribution in [0.15, 0.2) is 24.3 Å². The van der Waals surface area contributed by atoms with Gasteiger partial charge in [0.15, 0.2) is 0 Å². The Kier molecular flexibility index (Phi) is 3.74. The van der Waals surface area contributed by atoms with Crippen molar-refractivity contribution in [2.45, 2.75) is 32.0 Å². The Bertz CT molecular complexity index is 342. The summed E-state index contributed by atoms with van der Waals surface area (Å²) in [4.78, 5) is 0. The van der Waals surface area contributed by atoms with Crippen LogP contribution in [0, 0.1) is 6.92 Å². The summed E-state index contributed by atoms with van der Waals surface area (Å²) >= 11 is 0. The molecular weight excluding hydrogens is 213 g/mol. The molecule has 1 heterocycles. The summed E-state index contributed by atoms with van der Waals surface area (Å²) in [6.45, 7) is 4.61. The molecule has 0 spiro atoms. The standard InChI is InChI=1S/C12H16FN.ClH/c1-9-4-3-5-10(6-9)12(2)7-11(13)8-14-12;/h3-6,11,14H,7-8H2,1-2H3;1H. The molecule has 1 aromatic rings. The number of hydrogen-bond donors (Lipinski definition) is 1. The highest BCUT2D eigenvalue weighted by Gasteiger charge is 2.35. The summed E-state index contributed by atoms with van der Waals surface area (Å²) < 4.78 is 13.1. The van der Waals surface area contributed by atoms with Gasteiger partial charge >= 0.3 is 0 Å². The fourth-order valence-electron chi connectivity index (χ4n) is 2.13. The van der Waals surface area contributed by atoms with Crippen LogP contribution in [0.4, 0.5) is 4.39 Å². The van der Waals surface area contributed by atoms with Crippen molar-refractivity contribution in [1.29, 1.82) is 0 Å². The van der Waals surface area contributed by atoms with Crippen molar-refractivity contribution in [3.8, 4) is 0 Å². The molecule has 1 aliphatic heterocycles. The molecule has 15 heavy (non-hydrogen) atoms. The van der Waals surface area contributed by atoms with E-state index in [1.54, 1.807) is 0 Å². The first-order valence-corrected chi connectivity index (χ1v) is 5.06. The van der Waals surface area contributed by atoms with Crippen molar-refractivity contribution in [2.75, 3.05) is 6.54 Å². The summed E-state index contributed by atoms with van der Waals surface area (Å²) in [6, 6.07) is 8.29. The smallest absolute Gasteiger partial charge is 0.115 e. The van der Waals surface area contributed by atoms with Gasteiger partial charge in [-0.3, -0.25) is 0 Å². The van der Waals surface area contributed by atoms with Gasteiger partial charge in [-0.25, -0.2) is 4.39 Å². The first-order chi connectivity index (χ1) is 6.60. The predicted octanol–water partition coefficient (Wildman–Crippen LogP) is 2.96. The number of rotatable bonds is 1. The molecule has 3 heteroatoms.